The van der Waals surface area contributed by atoms with E-state index in [1.807, 2.05) is 17.0 Å². The molecule has 1 unspecified atom stereocenters. The number of carbonyl (C=O) groups excluding carboxylic acids is 1. The number of hydrogen-bond donors (Lipinski definition) is 1. The summed E-state index contributed by atoms with van der Waals surface area (Å²) in [5.74, 6) is 0.293. The zero-order valence-electron chi connectivity index (χ0n) is 12.4. The van der Waals surface area contributed by atoms with E-state index in [1.165, 1.54) is 0 Å². The van der Waals surface area contributed by atoms with Crippen molar-refractivity contribution >= 4 is 5.91 Å². The van der Waals surface area contributed by atoms with Gasteiger partial charge in [0.15, 0.2) is 0 Å². The largest absolute Gasteiger partial charge is 0.395 e. The summed E-state index contributed by atoms with van der Waals surface area (Å²) in [4.78, 5) is 21.1. The molecule has 3 heterocycles. The van der Waals surface area contributed by atoms with Gasteiger partial charge in [-0.15, -0.1) is 0 Å². The zero-order chi connectivity index (χ0) is 14.7. The van der Waals surface area contributed by atoms with Gasteiger partial charge in [-0.2, -0.15) is 0 Å². The van der Waals surface area contributed by atoms with E-state index in [0.29, 0.717) is 19.0 Å². The maximum atomic E-state index is 12.9. The lowest BCUT2D eigenvalue weighted by atomic mass is 9.78. The molecule has 1 N–H and O–H groups in total. The number of pyridine rings is 1. The number of likely N-dealkylation sites (tertiary alicyclic amines) is 2. The van der Waals surface area contributed by atoms with Crippen LogP contribution in [0.5, 0.6) is 0 Å². The van der Waals surface area contributed by atoms with E-state index in [-0.39, 0.29) is 12.0 Å². The molecule has 0 saturated carbocycles. The van der Waals surface area contributed by atoms with Crippen molar-refractivity contribution in [1.82, 2.24) is 14.8 Å². The van der Waals surface area contributed by atoms with Crippen LogP contribution in [0.4, 0.5) is 0 Å². The SMILES string of the molecule is O=C1N(Cc2ccncc2)CCC12CCCN(CCO)C2. The molecule has 2 aliphatic rings. The Morgan fingerprint density at radius 2 is 2.05 bits per heavy atom. The van der Waals surface area contributed by atoms with Gasteiger partial charge >= 0.3 is 0 Å². The third-order valence-electron chi connectivity index (χ3n) is 4.80. The van der Waals surface area contributed by atoms with E-state index >= 15 is 0 Å². The average molecular weight is 289 g/mol. The molecule has 2 aliphatic heterocycles. The highest BCUT2D eigenvalue weighted by molar-refractivity contribution is 5.85. The third kappa shape index (κ3) is 2.94. The number of aliphatic hydroxyl groups excluding tert-OH is 1. The highest BCUT2D eigenvalue weighted by Crippen LogP contribution is 2.40. The summed E-state index contributed by atoms with van der Waals surface area (Å²) < 4.78 is 0. The van der Waals surface area contributed by atoms with Crippen molar-refractivity contribution in [1.29, 1.82) is 0 Å². The summed E-state index contributed by atoms with van der Waals surface area (Å²) in [6.07, 6.45) is 6.53. The Morgan fingerprint density at radius 3 is 2.81 bits per heavy atom. The summed E-state index contributed by atoms with van der Waals surface area (Å²) in [5.41, 5.74) is 0.930. The van der Waals surface area contributed by atoms with Gasteiger partial charge in [-0.1, -0.05) is 0 Å². The number of carbonyl (C=O) groups is 1. The Kier molecular flexibility index (Phi) is 4.22. The number of rotatable bonds is 4. The highest BCUT2D eigenvalue weighted by Gasteiger charge is 2.48. The molecule has 1 spiro atoms. The second-order valence-electron chi connectivity index (χ2n) is 6.22. The first kappa shape index (κ1) is 14.5. The molecule has 0 aromatic carbocycles. The fraction of sp³-hybridized carbons (Fsp3) is 0.625. The Labute approximate surface area is 125 Å². The van der Waals surface area contributed by atoms with Gasteiger partial charge in [0.2, 0.25) is 5.91 Å². The van der Waals surface area contributed by atoms with Crippen LogP contribution in [0.15, 0.2) is 24.5 Å². The number of β-amino-alcohol motifs (C(OH)–C–C–N with tert-alkyl or cyclic N) is 1. The van der Waals surface area contributed by atoms with Crippen LogP contribution in [0.3, 0.4) is 0 Å². The quantitative estimate of drug-likeness (QED) is 0.894. The number of aliphatic hydroxyl groups is 1. The summed E-state index contributed by atoms with van der Waals surface area (Å²) in [6, 6.07) is 3.94. The topological polar surface area (TPSA) is 56.7 Å². The van der Waals surface area contributed by atoms with Crippen molar-refractivity contribution in [3.8, 4) is 0 Å². The fourth-order valence-electron chi connectivity index (χ4n) is 3.69. The van der Waals surface area contributed by atoms with Crippen LogP contribution in [0.25, 0.3) is 0 Å². The number of hydrogen-bond acceptors (Lipinski definition) is 4. The van der Waals surface area contributed by atoms with Crippen molar-refractivity contribution in [2.45, 2.75) is 25.8 Å². The lowest BCUT2D eigenvalue weighted by molar-refractivity contribution is -0.139. The van der Waals surface area contributed by atoms with Crippen molar-refractivity contribution < 1.29 is 9.90 Å². The Balaban J connectivity index is 1.68. The van der Waals surface area contributed by atoms with E-state index in [9.17, 15) is 4.79 Å². The van der Waals surface area contributed by atoms with E-state index in [4.69, 9.17) is 5.11 Å². The number of piperidine rings is 1. The molecule has 5 nitrogen and oxygen atoms in total. The second-order valence-corrected chi connectivity index (χ2v) is 6.22. The smallest absolute Gasteiger partial charge is 0.230 e. The van der Waals surface area contributed by atoms with Gasteiger partial charge in [-0.3, -0.25) is 14.7 Å². The first-order chi connectivity index (χ1) is 10.2. The molecule has 0 aliphatic carbocycles. The Hall–Kier alpha value is -1.46. The first-order valence-corrected chi connectivity index (χ1v) is 7.75. The minimum Gasteiger partial charge on any atom is -0.395 e. The normalized spacial score (nSPS) is 26.7. The maximum absolute atomic E-state index is 12.9. The lowest BCUT2D eigenvalue weighted by Gasteiger charge is -2.38. The predicted octanol–water partition coefficient (Wildman–Crippen LogP) is 0.888. The summed E-state index contributed by atoms with van der Waals surface area (Å²) in [6.45, 7) is 4.18. The monoisotopic (exact) mass is 289 g/mol. The zero-order valence-corrected chi connectivity index (χ0v) is 12.4. The maximum Gasteiger partial charge on any atom is 0.230 e. The number of amides is 1. The molecular formula is C16H23N3O2. The molecule has 1 aromatic heterocycles. The summed E-state index contributed by atoms with van der Waals surface area (Å²) in [5, 5.41) is 9.12. The second kappa shape index (κ2) is 6.12. The summed E-state index contributed by atoms with van der Waals surface area (Å²) >= 11 is 0. The molecule has 1 aromatic rings. The van der Waals surface area contributed by atoms with Crippen LogP contribution in [0.2, 0.25) is 0 Å². The molecule has 2 fully saturated rings. The van der Waals surface area contributed by atoms with Gasteiger partial charge in [0.1, 0.15) is 0 Å². The first-order valence-electron chi connectivity index (χ1n) is 7.75. The highest BCUT2D eigenvalue weighted by atomic mass is 16.3. The van der Waals surface area contributed by atoms with Gasteiger partial charge in [0.05, 0.1) is 12.0 Å². The van der Waals surface area contributed by atoms with Gasteiger partial charge < -0.3 is 10.0 Å². The van der Waals surface area contributed by atoms with E-state index in [0.717, 1.165) is 44.5 Å². The van der Waals surface area contributed by atoms with Crippen LogP contribution in [0, 0.1) is 5.41 Å². The van der Waals surface area contributed by atoms with Crippen LogP contribution < -0.4 is 0 Å². The van der Waals surface area contributed by atoms with Gasteiger partial charge in [0, 0.05) is 38.6 Å². The minimum atomic E-state index is -0.208. The van der Waals surface area contributed by atoms with Crippen LogP contribution >= 0.6 is 0 Å². The fourth-order valence-corrected chi connectivity index (χ4v) is 3.69. The molecule has 0 bridgehead atoms. The van der Waals surface area contributed by atoms with E-state index in [2.05, 4.69) is 9.88 Å². The van der Waals surface area contributed by atoms with Crippen molar-refractivity contribution in [2.24, 2.45) is 5.41 Å². The third-order valence-corrected chi connectivity index (χ3v) is 4.80. The molecule has 3 rings (SSSR count). The molecular weight excluding hydrogens is 266 g/mol. The van der Waals surface area contributed by atoms with Gasteiger partial charge in [-0.05, 0) is 43.5 Å². The molecule has 0 radical (unpaired) electrons. The van der Waals surface area contributed by atoms with Crippen molar-refractivity contribution in [3.63, 3.8) is 0 Å². The van der Waals surface area contributed by atoms with E-state index in [1.54, 1.807) is 12.4 Å². The molecule has 21 heavy (non-hydrogen) atoms. The summed E-state index contributed by atoms with van der Waals surface area (Å²) in [7, 11) is 0. The lowest BCUT2D eigenvalue weighted by Crippen LogP contribution is -2.48. The average Bonchev–Trinajstić information content (AvgIpc) is 2.78. The van der Waals surface area contributed by atoms with Crippen molar-refractivity contribution in [3.05, 3.63) is 30.1 Å². The Bertz CT molecular complexity index is 492. The van der Waals surface area contributed by atoms with Crippen molar-refractivity contribution in [2.75, 3.05) is 32.8 Å². The minimum absolute atomic E-state index is 0.172. The van der Waals surface area contributed by atoms with E-state index < -0.39 is 0 Å². The molecule has 114 valence electrons. The molecule has 2 saturated heterocycles. The predicted molar refractivity (Wildman–Crippen MR) is 79.5 cm³/mol. The molecule has 1 atom stereocenters. The molecule has 1 amide bonds. The number of nitrogens with zero attached hydrogens (tertiary/aromatic N) is 3. The van der Waals surface area contributed by atoms with Crippen LogP contribution in [-0.2, 0) is 11.3 Å². The number of aromatic nitrogens is 1. The van der Waals surface area contributed by atoms with Crippen LogP contribution in [0.1, 0.15) is 24.8 Å². The Morgan fingerprint density at radius 1 is 1.24 bits per heavy atom. The van der Waals surface area contributed by atoms with Gasteiger partial charge in [-0.25, -0.2) is 0 Å². The van der Waals surface area contributed by atoms with Gasteiger partial charge in [0.25, 0.3) is 0 Å². The standard InChI is InChI=1S/C16H23N3O2/c20-11-10-18-8-1-4-16(13-18)5-9-19(15(16)21)12-14-2-6-17-7-3-14/h2-3,6-7,20H,1,4-5,8-13H2. The molecule has 5 heteroatoms. The van der Waals surface area contributed by atoms with Crippen LogP contribution in [-0.4, -0.2) is 58.6 Å².